The number of carbonyl (C=O) groups is 1. The Morgan fingerprint density at radius 3 is 2.61 bits per heavy atom. The molecule has 6 nitrogen and oxygen atoms in total. The lowest BCUT2D eigenvalue weighted by Gasteiger charge is -2.29. The molecule has 0 spiro atoms. The van der Waals surface area contributed by atoms with Crippen molar-refractivity contribution in [1.29, 1.82) is 0 Å². The van der Waals surface area contributed by atoms with Gasteiger partial charge in [0.1, 0.15) is 0 Å². The number of benzene rings is 2. The first-order valence-corrected chi connectivity index (χ1v) is 11.5. The lowest BCUT2D eigenvalue weighted by molar-refractivity contribution is 0.102. The standard InChI is InChI=1S/C22H22IN3O3S.ClH/c1-28-19-9-14-7-8-26(11-15(14)10-20(19)29-2)12-16-13-30-22(24-16)25-21(27)17-5-3-4-6-18(17)23;/h3-6,9-10,13H,7-8,11-12H2,1-2H3,(H,24,25,27);1H. The number of thiazole rings is 1. The first-order chi connectivity index (χ1) is 14.6. The summed E-state index contributed by atoms with van der Waals surface area (Å²) in [4.78, 5) is 19.5. The second-order valence-corrected chi connectivity index (χ2v) is 9.03. The molecule has 1 aliphatic heterocycles. The van der Waals surface area contributed by atoms with Crippen LogP contribution in [0.4, 0.5) is 5.13 Å². The molecule has 1 amide bonds. The average molecular weight is 572 g/mol. The summed E-state index contributed by atoms with van der Waals surface area (Å²) in [5.41, 5.74) is 4.17. The van der Waals surface area contributed by atoms with Crippen LogP contribution >= 0.6 is 46.3 Å². The number of halogens is 2. The van der Waals surface area contributed by atoms with Crippen LogP contribution in [0.3, 0.4) is 0 Å². The molecule has 164 valence electrons. The lowest BCUT2D eigenvalue weighted by atomic mass is 9.98. The fourth-order valence-electron chi connectivity index (χ4n) is 3.55. The van der Waals surface area contributed by atoms with E-state index < -0.39 is 0 Å². The number of carbonyl (C=O) groups excluding carboxylic acids is 1. The SMILES string of the molecule is COc1cc2c(cc1OC)CN(Cc1csc(NC(=O)c3ccccc3I)n1)CC2.Cl. The molecule has 9 heteroatoms. The number of nitrogens with zero attached hydrogens (tertiary/aromatic N) is 2. The van der Waals surface area contributed by atoms with Gasteiger partial charge < -0.3 is 9.47 Å². The molecule has 0 bridgehead atoms. The topological polar surface area (TPSA) is 63.7 Å². The molecule has 31 heavy (non-hydrogen) atoms. The summed E-state index contributed by atoms with van der Waals surface area (Å²) < 4.78 is 11.8. The number of hydrogen-bond acceptors (Lipinski definition) is 6. The van der Waals surface area contributed by atoms with Gasteiger partial charge >= 0.3 is 0 Å². The molecular formula is C22H23ClIN3O3S. The zero-order valence-electron chi connectivity index (χ0n) is 17.2. The molecule has 2 aromatic carbocycles. The Hall–Kier alpha value is -1.88. The van der Waals surface area contributed by atoms with Gasteiger partial charge in [-0.3, -0.25) is 15.0 Å². The number of aromatic nitrogens is 1. The fourth-order valence-corrected chi connectivity index (χ4v) is 4.88. The van der Waals surface area contributed by atoms with Gasteiger partial charge in [0, 0.05) is 28.6 Å². The van der Waals surface area contributed by atoms with E-state index in [9.17, 15) is 4.79 Å². The molecule has 0 fully saturated rings. The van der Waals surface area contributed by atoms with Gasteiger partial charge in [-0.15, -0.1) is 23.7 Å². The molecule has 1 aromatic heterocycles. The van der Waals surface area contributed by atoms with Crippen LogP contribution in [0.25, 0.3) is 0 Å². The molecule has 0 radical (unpaired) electrons. The Morgan fingerprint density at radius 1 is 1.19 bits per heavy atom. The van der Waals surface area contributed by atoms with E-state index in [1.165, 1.54) is 22.5 Å². The van der Waals surface area contributed by atoms with E-state index >= 15 is 0 Å². The van der Waals surface area contributed by atoms with E-state index in [0.29, 0.717) is 10.7 Å². The number of ether oxygens (including phenoxy) is 2. The zero-order chi connectivity index (χ0) is 21.1. The predicted molar refractivity (Wildman–Crippen MR) is 134 cm³/mol. The third-order valence-electron chi connectivity index (χ3n) is 5.07. The van der Waals surface area contributed by atoms with Crippen molar-refractivity contribution in [3.63, 3.8) is 0 Å². The minimum absolute atomic E-state index is 0. The van der Waals surface area contributed by atoms with Gasteiger partial charge in [-0.2, -0.15) is 0 Å². The Balaban J connectivity index is 0.00000272. The maximum atomic E-state index is 12.5. The van der Waals surface area contributed by atoms with Crippen LogP contribution in [0, 0.1) is 3.57 Å². The number of amides is 1. The Labute approximate surface area is 205 Å². The van der Waals surface area contributed by atoms with Crippen molar-refractivity contribution in [2.75, 3.05) is 26.1 Å². The van der Waals surface area contributed by atoms with Crippen LogP contribution in [0.2, 0.25) is 0 Å². The molecule has 2 heterocycles. The van der Waals surface area contributed by atoms with Crippen molar-refractivity contribution in [1.82, 2.24) is 9.88 Å². The number of hydrogen-bond donors (Lipinski definition) is 1. The number of methoxy groups -OCH3 is 2. The van der Waals surface area contributed by atoms with E-state index in [4.69, 9.17) is 9.47 Å². The summed E-state index contributed by atoms with van der Waals surface area (Å²) in [5.74, 6) is 1.40. The van der Waals surface area contributed by atoms with Crippen LogP contribution in [0.5, 0.6) is 11.5 Å². The van der Waals surface area contributed by atoms with Crippen LogP contribution in [0.1, 0.15) is 27.2 Å². The predicted octanol–water partition coefficient (Wildman–Crippen LogP) is 5.00. The highest BCUT2D eigenvalue weighted by atomic mass is 127. The van der Waals surface area contributed by atoms with E-state index in [1.54, 1.807) is 14.2 Å². The molecular weight excluding hydrogens is 549 g/mol. The number of nitrogens with one attached hydrogen (secondary N) is 1. The molecule has 3 aromatic rings. The minimum atomic E-state index is -0.131. The third-order valence-corrected chi connectivity index (χ3v) is 6.82. The summed E-state index contributed by atoms with van der Waals surface area (Å²) in [6.07, 6.45) is 0.954. The highest BCUT2D eigenvalue weighted by Crippen LogP contribution is 2.33. The molecule has 0 saturated carbocycles. The highest BCUT2D eigenvalue weighted by Gasteiger charge is 2.20. The van der Waals surface area contributed by atoms with E-state index in [1.807, 2.05) is 29.6 Å². The van der Waals surface area contributed by atoms with E-state index in [-0.39, 0.29) is 18.3 Å². The molecule has 0 unspecified atom stereocenters. The van der Waals surface area contributed by atoms with Crippen LogP contribution in [-0.2, 0) is 19.5 Å². The monoisotopic (exact) mass is 571 g/mol. The fraction of sp³-hybridized carbons (Fsp3) is 0.273. The van der Waals surface area contributed by atoms with E-state index in [2.05, 4.69) is 49.9 Å². The average Bonchev–Trinajstić information content (AvgIpc) is 3.19. The largest absolute Gasteiger partial charge is 0.493 e. The summed E-state index contributed by atoms with van der Waals surface area (Å²) >= 11 is 3.62. The summed E-state index contributed by atoms with van der Waals surface area (Å²) in [7, 11) is 3.32. The number of fused-ring (bicyclic) bond motifs is 1. The second kappa shape index (κ2) is 10.6. The second-order valence-electron chi connectivity index (χ2n) is 7.01. The highest BCUT2D eigenvalue weighted by molar-refractivity contribution is 14.1. The number of anilines is 1. The Bertz CT molecular complexity index is 1080. The maximum absolute atomic E-state index is 12.5. The Morgan fingerprint density at radius 2 is 1.90 bits per heavy atom. The van der Waals surface area contributed by atoms with Gasteiger partial charge in [-0.05, 0) is 64.4 Å². The van der Waals surface area contributed by atoms with Crippen molar-refractivity contribution in [3.05, 3.63) is 67.7 Å². The zero-order valence-corrected chi connectivity index (χ0v) is 21.0. The lowest BCUT2D eigenvalue weighted by Crippen LogP contribution is -2.30. The molecule has 4 rings (SSSR count). The van der Waals surface area contributed by atoms with Gasteiger partial charge in [0.05, 0.1) is 25.5 Å². The summed E-state index contributed by atoms with van der Waals surface area (Å²) in [5, 5.41) is 5.55. The van der Waals surface area contributed by atoms with Crippen LogP contribution < -0.4 is 14.8 Å². The van der Waals surface area contributed by atoms with Gasteiger partial charge in [0.25, 0.3) is 5.91 Å². The van der Waals surface area contributed by atoms with Crippen molar-refractivity contribution < 1.29 is 14.3 Å². The minimum Gasteiger partial charge on any atom is -0.493 e. The van der Waals surface area contributed by atoms with Crippen molar-refractivity contribution >= 4 is 57.4 Å². The number of rotatable bonds is 6. The molecule has 0 saturated heterocycles. The maximum Gasteiger partial charge on any atom is 0.258 e. The Kier molecular flexibility index (Phi) is 8.15. The van der Waals surface area contributed by atoms with E-state index in [0.717, 1.165) is 46.8 Å². The third kappa shape index (κ3) is 5.49. The van der Waals surface area contributed by atoms with Crippen LogP contribution in [-0.4, -0.2) is 36.6 Å². The van der Waals surface area contributed by atoms with Gasteiger partial charge in [-0.1, -0.05) is 12.1 Å². The van der Waals surface area contributed by atoms with Crippen molar-refractivity contribution in [3.8, 4) is 11.5 Å². The summed E-state index contributed by atoms with van der Waals surface area (Å²) in [6, 6.07) is 11.7. The molecule has 0 atom stereocenters. The smallest absolute Gasteiger partial charge is 0.258 e. The molecule has 0 aliphatic carbocycles. The van der Waals surface area contributed by atoms with Crippen molar-refractivity contribution in [2.45, 2.75) is 19.5 Å². The quantitative estimate of drug-likeness (QED) is 0.422. The van der Waals surface area contributed by atoms with Gasteiger partial charge in [0.15, 0.2) is 16.6 Å². The van der Waals surface area contributed by atoms with Gasteiger partial charge in [-0.25, -0.2) is 4.98 Å². The molecule has 1 aliphatic rings. The van der Waals surface area contributed by atoms with Crippen LogP contribution in [0.15, 0.2) is 41.8 Å². The molecule has 1 N–H and O–H groups in total. The summed E-state index contributed by atoms with van der Waals surface area (Å²) in [6.45, 7) is 2.52. The normalized spacial score (nSPS) is 13.1. The first-order valence-electron chi connectivity index (χ1n) is 9.53. The van der Waals surface area contributed by atoms with Gasteiger partial charge in [0.2, 0.25) is 0 Å². The first kappa shape index (κ1) is 23.8. The van der Waals surface area contributed by atoms with Crippen molar-refractivity contribution in [2.24, 2.45) is 0 Å².